The zero-order valence-corrected chi connectivity index (χ0v) is 18.4. The molecule has 3 aromatic rings. The van der Waals surface area contributed by atoms with Crippen LogP contribution >= 0.6 is 12.2 Å². The molecule has 0 N–H and O–H groups in total. The van der Waals surface area contributed by atoms with Crippen LogP contribution in [0.5, 0.6) is 0 Å². The predicted octanol–water partition coefficient (Wildman–Crippen LogP) is 6.93. The number of aliphatic imine (C=N–C) groups is 1. The largest absolute Gasteiger partial charge is 0.211 e. The molecule has 0 heterocycles. The molecule has 0 unspecified atom stereocenters. The lowest BCUT2D eigenvalue weighted by Crippen LogP contribution is -2.28. The summed E-state index contributed by atoms with van der Waals surface area (Å²) >= 11 is 5.18. The summed E-state index contributed by atoms with van der Waals surface area (Å²) in [4.78, 5) is 4.88. The van der Waals surface area contributed by atoms with Crippen LogP contribution in [0.2, 0.25) is 0 Å². The summed E-state index contributed by atoms with van der Waals surface area (Å²) in [7, 11) is 0. The van der Waals surface area contributed by atoms with E-state index in [-0.39, 0.29) is 0 Å². The number of aryl methyl sites for hydroxylation is 6. The van der Waals surface area contributed by atoms with E-state index in [9.17, 15) is 0 Å². The molecule has 142 valence electrons. The van der Waals surface area contributed by atoms with Gasteiger partial charge < -0.3 is 0 Å². The third-order valence-electron chi connectivity index (χ3n) is 5.13. The Morgan fingerprint density at radius 1 is 0.536 bits per heavy atom. The van der Waals surface area contributed by atoms with Crippen LogP contribution in [0.15, 0.2) is 59.6 Å². The van der Waals surface area contributed by atoms with Crippen molar-refractivity contribution in [1.82, 2.24) is 0 Å². The van der Waals surface area contributed by atoms with Gasteiger partial charge in [0.2, 0.25) is 0 Å². The number of nitrogens with zero attached hydrogens (tertiary/aromatic N) is 1. The first-order chi connectivity index (χ1) is 13.2. The molecule has 0 aliphatic rings. The molecule has 0 saturated heterocycles. The van der Waals surface area contributed by atoms with Crippen LogP contribution < -0.4 is 0 Å². The molecular weight excluding hydrogens is 358 g/mol. The Morgan fingerprint density at radius 2 is 0.786 bits per heavy atom. The fourth-order valence-electron chi connectivity index (χ4n) is 4.31. The van der Waals surface area contributed by atoms with Crippen LogP contribution in [0, 0.1) is 41.5 Å². The molecule has 0 bridgehead atoms. The van der Waals surface area contributed by atoms with Crippen LogP contribution in [0.1, 0.15) is 50.1 Å². The molecule has 0 aliphatic heterocycles. The number of hydrogen-bond acceptors (Lipinski definition) is 2. The highest BCUT2D eigenvalue weighted by molar-refractivity contribution is 7.78. The zero-order chi connectivity index (χ0) is 20.5. The van der Waals surface area contributed by atoms with Crippen LogP contribution in [0.25, 0.3) is 0 Å². The molecular formula is C26H27NS. The van der Waals surface area contributed by atoms with Gasteiger partial charge in [0.1, 0.15) is 5.54 Å². The lowest BCUT2D eigenvalue weighted by atomic mass is 9.75. The summed E-state index contributed by atoms with van der Waals surface area (Å²) < 4.78 is 0. The normalized spacial score (nSPS) is 11.2. The Hall–Kier alpha value is -2.54. The second-order valence-corrected chi connectivity index (χ2v) is 8.23. The van der Waals surface area contributed by atoms with Crippen LogP contribution in [-0.4, -0.2) is 5.16 Å². The average molecular weight is 386 g/mol. The molecule has 1 nitrogen and oxygen atoms in total. The zero-order valence-electron chi connectivity index (χ0n) is 17.6. The van der Waals surface area contributed by atoms with Crippen LogP contribution in [-0.2, 0) is 5.54 Å². The molecule has 0 aliphatic carbocycles. The highest BCUT2D eigenvalue weighted by Gasteiger charge is 2.37. The van der Waals surface area contributed by atoms with Gasteiger partial charge in [0, 0.05) is 0 Å². The Kier molecular flexibility index (Phi) is 5.65. The van der Waals surface area contributed by atoms with E-state index >= 15 is 0 Å². The van der Waals surface area contributed by atoms with Gasteiger partial charge in [-0.1, -0.05) is 88.0 Å². The number of isothiocyanates is 1. The van der Waals surface area contributed by atoms with E-state index in [2.05, 4.69) is 101 Å². The first-order valence-corrected chi connectivity index (χ1v) is 10.0. The number of benzene rings is 3. The van der Waals surface area contributed by atoms with Gasteiger partial charge in [-0.15, -0.1) is 0 Å². The van der Waals surface area contributed by atoms with E-state index in [0.29, 0.717) is 0 Å². The quantitative estimate of drug-likeness (QED) is 0.269. The molecule has 0 atom stereocenters. The third kappa shape index (κ3) is 3.85. The highest BCUT2D eigenvalue weighted by Crippen LogP contribution is 2.42. The second kappa shape index (κ2) is 7.83. The standard InChI is InChI=1S/C26H27NS/c1-17-7-18(2)11-23(10-17)26(27-16-28,24-12-19(3)8-20(4)13-24)25-14-21(5)9-22(6)15-25/h7-15H,1-6H3. The van der Waals surface area contributed by atoms with Gasteiger partial charge in [-0.25, -0.2) is 4.99 Å². The van der Waals surface area contributed by atoms with Crippen molar-refractivity contribution in [2.75, 3.05) is 0 Å². The molecule has 0 aromatic heterocycles. The Bertz CT molecular complexity index is 902. The minimum absolute atomic E-state index is 0.716. The van der Waals surface area contributed by atoms with E-state index < -0.39 is 5.54 Å². The van der Waals surface area contributed by atoms with Crippen molar-refractivity contribution in [3.05, 3.63) is 105 Å². The number of hydrogen-bond donors (Lipinski definition) is 0. The van der Waals surface area contributed by atoms with Crippen molar-refractivity contribution >= 4 is 17.4 Å². The smallest absolute Gasteiger partial charge is 0.146 e. The van der Waals surface area contributed by atoms with Crippen molar-refractivity contribution in [3.63, 3.8) is 0 Å². The molecule has 0 fully saturated rings. The van der Waals surface area contributed by atoms with Gasteiger partial charge in [-0.3, -0.25) is 0 Å². The van der Waals surface area contributed by atoms with Crippen molar-refractivity contribution in [2.24, 2.45) is 4.99 Å². The van der Waals surface area contributed by atoms with E-state index in [0.717, 1.165) is 16.7 Å². The molecule has 0 spiro atoms. The maximum absolute atomic E-state index is 5.18. The topological polar surface area (TPSA) is 12.4 Å². The lowest BCUT2D eigenvalue weighted by Gasteiger charge is -2.32. The van der Waals surface area contributed by atoms with Gasteiger partial charge in [-0.2, -0.15) is 0 Å². The number of thiocarbonyl (C=S) groups is 1. The van der Waals surface area contributed by atoms with Crippen molar-refractivity contribution < 1.29 is 0 Å². The summed E-state index contributed by atoms with van der Waals surface area (Å²) in [6.07, 6.45) is 0. The summed E-state index contributed by atoms with van der Waals surface area (Å²) in [6, 6.07) is 19.9. The third-order valence-corrected chi connectivity index (χ3v) is 5.22. The first-order valence-electron chi connectivity index (χ1n) is 9.60. The first kappa shape index (κ1) is 20.2. The van der Waals surface area contributed by atoms with Gasteiger partial charge in [0.25, 0.3) is 0 Å². The van der Waals surface area contributed by atoms with Gasteiger partial charge in [-0.05, 0) is 70.5 Å². The van der Waals surface area contributed by atoms with E-state index in [1.165, 1.54) is 33.4 Å². The molecule has 28 heavy (non-hydrogen) atoms. The molecule has 2 heteroatoms. The summed E-state index contributed by atoms with van der Waals surface area (Å²) in [6.45, 7) is 12.8. The van der Waals surface area contributed by atoms with Gasteiger partial charge >= 0.3 is 0 Å². The maximum Gasteiger partial charge on any atom is 0.146 e. The molecule has 0 radical (unpaired) electrons. The van der Waals surface area contributed by atoms with Gasteiger partial charge in [0.15, 0.2) is 0 Å². The summed E-state index contributed by atoms with van der Waals surface area (Å²) in [5.41, 5.74) is 9.94. The Morgan fingerprint density at radius 3 is 1.00 bits per heavy atom. The average Bonchev–Trinajstić information content (AvgIpc) is 2.57. The SMILES string of the molecule is Cc1cc(C)cc(C(N=C=S)(c2cc(C)cc(C)c2)c2cc(C)cc(C)c2)c1. The maximum atomic E-state index is 5.18. The fraction of sp³-hybridized carbons (Fsp3) is 0.269. The molecule has 3 aromatic carbocycles. The van der Waals surface area contributed by atoms with E-state index in [4.69, 9.17) is 17.2 Å². The molecule has 0 amide bonds. The Labute approximate surface area is 174 Å². The molecule has 0 saturated carbocycles. The minimum Gasteiger partial charge on any atom is -0.211 e. The second-order valence-electron chi connectivity index (χ2n) is 8.04. The predicted molar refractivity (Wildman–Crippen MR) is 123 cm³/mol. The van der Waals surface area contributed by atoms with Crippen LogP contribution in [0.4, 0.5) is 0 Å². The van der Waals surface area contributed by atoms with Crippen molar-refractivity contribution in [1.29, 1.82) is 0 Å². The monoisotopic (exact) mass is 385 g/mol. The Balaban J connectivity index is 2.51. The fourth-order valence-corrected chi connectivity index (χ4v) is 4.45. The highest BCUT2D eigenvalue weighted by atomic mass is 32.1. The van der Waals surface area contributed by atoms with E-state index in [1.54, 1.807) is 0 Å². The van der Waals surface area contributed by atoms with Crippen molar-refractivity contribution in [3.8, 4) is 0 Å². The lowest BCUT2D eigenvalue weighted by molar-refractivity contribution is 0.657. The van der Waals surface area contributed by atoms with Crippen molar-refractivity contribution in [2.45, 2.75) is 47.1 Å². The van der Waals surface area contributed by atoms with E-state index in [1.807, 2.05) is 0 Å². The number of rotatable bonds is 4. The van der Waals surface area contributed by atoms with Gasteiger partial charge in [0.05, 0.1) is 5.16 Å². The summed E-state index contributed by atoms with van der Waals surface area (Å²) in [5.74, 6) is 0. The summed E-state index contributed by atoms with van der Waals surface area (Å²) in [5, 5.41) is 2.73. The minimum atomic E-state index is -0.716. The van der Waals surface area contributed by atoms with Crippen LogP contribution in [0.3, 0.4) is 0 Å². The molecule has 3 rings (SSSR count).